The maximum Gasteiger partial charge on any atom is 0.525 e. The molecule has 0 saturated heterocycles. The fourth-order valence-electron chi connectivity index (χ4n) is 0.759. The summed E-state index contributed by atoms with van der Waals surface area (Å²) in [5, 5.41) is 4.60. The number of nitrogens with one attached hydrogen (secondary N) is 1. The Labute approximate surface area is 79.0 Å². The Kier molecular flexibility index (Phi) is 3.22. The van der Waals surface area contributed by atoms with Gasteiger partial charge in [-0.25, -0.2) is 13.2 Å². The molecule has 9 heteroatoms. The van der Waals surface area contributed by atoms with E-state index in [-0.39, 0.29) is 0 Å². The van der Waals surface area contributed by atoms with Crippen molar-refractivity contribution in [3.05, 3.63) is 17.5 Å². The summed E-state index contributed by atoms with van der Waals surface area (Å²) in [6.07, 6.45) is -11.1. The molecule has 1 heterocycles. The van der Waals surface area contributed by atoms with E-state index in [0.717, 1.165) is 0 Å². The van der Waals surface area contributed by atoms with Crippen molar-refractivity contribution in [2.45, 2.75) is 19.1 Å². The van der Waals surface area contributed by atoms with Crippen LogP contribution in [0.4, 0.5) is 26.3 Å². The highest BCUT2D eigenvalue weighted by atomic mass is 19.4. The summed E-state index contributed by atoms with van der Waals surface area (Å²) in [7, 11) is 0. The standard InChI is InChI=1S/C6H4F6N2O/c7-4(8)2-1-3(14-13-2)5(9)15-6(10,11)12/h1,4-5H,(H,13,14). The van der Waals surface area contributed by atoms with Crippen molar-refractivity contribution in [2.24, 2.45) is 0 Å². The van der Waals surface area contributed by atoms with Gasteiger partial charge in [-0.3, -0.25) is 9.84 Å². The Morgan fingerprint density at radius 3 is 2.27 bits per heavy atom. The quantitative estimate of drug-likeness (QED) is 0.816. The van der Waals surface area contributed by atoms with Crippen molar-refractivity contribution >= 4 is 0 Å². The first kappa shape index (κ1) is 11.8. The van der Waals surface area contributed by atoms with Crippen LogP contribution in [0.2, 0.25) is 0 Å². The molecular formula is C6H4F6N2O. The van der Waals surface area contributed by atoms with Crippen LogP contribution in [0.3, 0.4) is 0 Å². The van der Waals surface area contributed by atoms with Crippen LogP contribution in [-0.4, -0.2) is 16.6 Å². The fraction of sp³-hybridized carbons (Fsp3) is 0.500. The molecule has 0 saturated carbocycles. The van der Waals surface area contributed by atoms with Gasteiger partial charge in [0.25, 0.3) is 12.8 Å². The van der Waals surface area contributed by atoms with Crippen LogP contribution in [-0.2, 0) is 4.74 Å². The van der Waals surface area contributed by atoms with E-state index in [1.165, 1.54) is 0 Å². The van der Waals surface area contributed by atoms with Crippen LogP contribution < -0.4 is 0 Å². The van der Waals surface area contributed by atoms with Crippen LogP contribution in [0.5, 0.6) is 0 Å². The molecule has 0 aromatic carbocycles. The monoisotopic (exact) mass is 234 g/mol. The Balaban J connectivity index is 2.70. The minimum Gasteiger partial charge on any atom is -0.276 e. The van der Waals surface area contributed by atoms with Gasteiger partial charge >= 0.3 is 6.36 Å². The van der Waals surface area contributed by atoms with Gasteiger partial charge in [0, 0.05) is 0 Å². The van der Waals surface area contributed by atoms with Crippen molar-refractivity contribution in [1.29, 1.82) is 0 Å². The first-order chi connectivity index (χ1) is 6.79. The number of aromatic amines is 1. The number of aromatic nitrogens is 2. The van der Waals surface area contributed by atoms with Gasteiger partial charge in [0.2, 0.25) is 0 Å². The lowest BCUT2D eigenvalue weighted by atomic mass is 10.3. The number of nitrogens with zero attached hydrogens (tertiary/aromatic N) is 1. The van der Waals surface area contributed by atoms with Crippen LogP contribution in [0.25, 0.3) is 0 Å². The first-order valence-electron chi connectivity index (χ1n) is 3.51. The van der Waals surface area contributed by atoms with Crippen molar-refractivity contribution in [3.63, 3.8) is 0 Å². The molecule has 0 amide bonds. The molecule has 1 aromatic heterocycles. The Hall–Kier alpha value is -1.25. The van der Waals surface area contributed by atoms with Gasteiger partial charge in [-0.1, -0.05) is 0 Å². The lowest BCUT2D eigenvalue weighted by Crippen LogP contribution is -2.15. The second-order valence-electron chi connectivity index (χ2n) is 2.43. The van der Waals surface area contributed by atoms with E-state index in [1.54, 1.807) is 5.10 Å². The lowest BCUT2D eigenvalue weighted by molar-refractivity contribution is -0.363. The highest BCUT2D eigenvalue weighted by molar-refractivity contribution is 5.10. The molecule has 15 heavy (non-hydrogen) atoms. The molecule has 3 nitrogen and oxygen atoms in total. The van der Waals surface area contributed by atoms with Crippen molar-refractivity contribution in [1.82, 2.24) is 10.2 Å². The number of H-pyrrole nitrogens is 1. The van der Waals surface area contributed by atoms with Gasteiger partial charge in [0.1, 0.15) is 11.4 Å². The van der Waals surface area contributed by atoms with Gasteiger partial charge in [-0.2, -0.15) is 5.10 Å². The van der Waals surface area contributed by atoms with E-state index < -0.39 is 30.5 Å². The van der Waals surface area contributed by atoms with E-state index in [9.17, 15) is 26.3 Å². The summed E-state index contributed by atoms with van der Waals surface area (Å²) in [6.45, 7) is 0. The molecule has 0 aliphatic heterocycles. The minimum atomic E-state index is -5.19. The number of hydrogen-bond acceptors (Lipinski definition) is 2. The minimum absolute atomic E-state index is 0.459. The smallest absolute Gasteiger partial charge is 0.276 e. The van der Waals surface area contributed by atoms with Gasteiger partial charge in [0.05, 0.1) is 0 Å². The fourth-order valence-corrected chi connectivity index (χ4v) is 0.759. The second kappa shape index (κ2) is 4.09. The zero-order chi connectivity index (χ0) is 11.6. The maximum atomic E-state index is 12.6. The normalized spacial score (nSPS) is 14.6. The third-order valence-corrected chi connectivity index (χ3v) is 1.32. The molecule has 0 aliphatic carbocycles. The summed E-state index contributed by atoms with van der Waals surface area (Å²) >= 11 is 0. The average Bonchev–Trinajstić information content (AvgIpc) is 2.47. The van der Waals surface area contributed by atoms with E-state index in [0.29, 0.717) is 6.07 Å². The Bertz CT molecular complexity index is 322. The van der Waals surface area contributed by atoms with E-state index in [4.69, 9.17) is 0 Å². The number of rotatable bonds is 3. The molecule has 0 aliphatic rings. The molecule has 1 rings (SSSR count). The number of hydrogen-bond donors (Lipinski definition) is 1. The molecular weight excluding hydrogens is 230 g/mol. The molecule has 0 spiro atoms. The summed E-state index contributed by atoms with van der Waals surface area (Å²) in [6, 6.07) is 0.459. The van der Waals surface area contributed by atoms with Crippen LogP contribution in [0.15, 0.2) is 6.07 Å². The SMILES string of the molecule is FC(F)c1cc(C(F)OC(F)(F)F)n[nH]1. The zero-order valence-electron chi connectivity index (χ0n) is 6.86. The highest BCUT2D eigenvalue weighted by Crippen LogP contribution is 2.29. The second-order valence-corrected chi connectivity index (χ2v) is 2.43. The van der Waals surface area contributed by atoms with Gasteiger partial charge in [-0.15, -0.1) is 13.2 Å². The van der Waals surface area contributed by atoms with E-state index >= 15 is 0 Å². The average molecular weight is 234 g/mol. The molecule has 1 N–H and O–H groups in total. The molecule has 86 valence electrons. The molecule has 1 atom stereocenters. The van der Waals surface area contributed by atoms with Gasteiger partial charge in [-0.05, 0) is 6.07 Å². The molecule has 1 aromatic rings. The summed E-state index contributed by atoms with van der Waals surface area (Å²) < 4.78 is 73.9. The molecule has 0 radical (unpaired) electrons. The van der Waals surface area contributed by atoms with Crippen LogP contribution >= 0.6 is 0 Å². The first-order valence-corrected chi connectivity index (χ1v) is 3.51. The lowest BCUT2D eigenvalue weighted by Gasteiger charge is -2.09. The topological polar surface area (TPSA) is 37.9 Å². The van der Waals surface area contributed by atoms with Gasteiger partial charge in [0.15, 0.2) is 0 Å². The third kappa shape index (κ3) is 3.42. The Morgan fingerprint density at radius 2 is 1.87 bits per heavy atom. The predicted octanol–water partition coefficient (Wildman–Crippen LogP) is 2.85. The largest absolute Gasteiger partial charge is 0.525 e. The number of halogens is 6. The molecule has 0 fully saturated rings. The van der Waals surface area contributed by atoms with Crippen molar-refractivity contribution < 1.29 is 31.1 Å². The van der Waals surface area contributed by atoms with E-state index in [2.05, 4.69) is 9.84 Å². The Morgan fingerprint density at radius 1 is 1.27 bits per heavy atom. The number of alkyl halides is 6. The molecule has 1 unspecified atom stereocenters. The van der Waals surface area contributed by atoms with Crippen molar-refractivity contribution in [2.75, 3.05) is 0 Å². The van der Waals surface area contributed by atoms with Crippen LogP contribution in [0, 0.1) is 0 Å². The van der Waals surface area contributed by atoms with E-state index in [1.807, 2.05) is 0 Å². The predicted molar refractivity (Wildman–Crippen MR) is 34.5 cm³/mol. The van der Waals surface area contributed by atoms with Gasteiger partial charge < -0.3 is 0 Å². The summed E-state index contributed by atoms with van der Waals surface area (Å²) in [5.74, 6) is 0. The highest BCUT2D eigenvalue weighted by Gasteiger charge is 2.35. The zero-order valence-corrected chi connectivity index (χ0v) is 6.86. The summed E-state index contributed by atoms with van der Waals surface area (Å²) in [4.78, 5) is 0. The van der Waals surface area contributed by atoms with Crippen molar-refractivity contribution in [3.8, 4) is 0 Å². The third-order valence-electron chi connectivity index (χ3n) is 1.32. The van der Waals surface area contributed by atoms with Crippen LogP contribution in [0.1, 0.15) is 24.2 Å². The molecule has 0 bridgehead atoms. The number of ether oxygens (including phenoxy) is 1. The maximum absolute atomic E-state index is 12.6. The summed E-state index contributed by atoms with van der Waals surface area (Å²) in [5.41, 5.74) is -1.67.